The van der Waals surface area contributed by atoms with Gasteiger partial charge in [0.05, 0.1) is 12.7 Å². The lowest BCUT2D eigenvalue weighted by Gasteiger charge is -1.99. The molecule has 2 N–H and O–H groups in total. The Balaban J connectivity index is 2.23. The molecule has 0 saturated carbocycles. The molecule has 0 amide bonds. The lowest BCUT2D eigenvalue weighted by molar-refractivity contribution is 0.197. The maximum Gasteiger partial charge on any atom is 0.198 e. The molecule has 5 nitrogen and oxygen atoms in total. The number of hydrogen-bond acceptors (Lipinski definition) is 4. The molecule has 1 aromatic heterocycles. The van der Waals surface area contributed by atoms with Crippen LogP contribution in [0.3, 0.4) is 0 Å². The van der Waals surface area contributed by atoms with Gasteiger partial charge in [0.1, 0.15) is 5.75 Å². The molecular formula is C14H18N2O3. The summed E-state index contributed by atoms with van der Waals surface area (Å²) in [5.74, 6) is 0.874. The number of benzene rings is 1. The van der Waals surface area contributed by atoms with Gasteiger partial charge in [0, 0.05) is 37.4 Å². The molecule has 0 fully saturated rings. The number of methoxy groups -OCH3 is 2. The van der Waals surface area contributed by atoms with Crippen LogP contribution in [-0.2, 0) is 4.74 Å². The summed E-state index contributed by atoms with van der Waals surface area (Å²) in [4.78, 5) is 7.21. The van der Waals surface area contributed by atoms with Crippen molar-refractivity contribution in [3.63, 3.8) is 0 Å². The van der Waals surface area contributed by atoms with E-state index in [4.69, 9.17) is 9.47 Å². The van der Waals surface area contributed by atoms with E-state index in [0.717, 1.165) is 23.1 Å². The van der Waals surface area contributed by atoms with Crippen LogP contribution < -0.4 is 4.74 Å². The van der Waals surface area contributed by atoms with E-state index in [2.05, 4.69) is 9.98 Å². The van der Waals surface area contributed by atoms with Crippen LogP contribution in [0.4, 0.5) is 0 Å². The quantitative estimate of drug-likeness (QED) is 0.620. The Kier molecular flexibility index (Phi) is 4.41. The molecule has 0 radical (unpaired) electrons. The largest absolute Gasteiger partial charge is 0.497 e. The predicted octanol–water partition coefficient (Wildman–Crippen LogP) is 2.34. The first kappa shape index (κ1) is 13.4. The molecule has 0 aliphatic carbocycles. The minimum Gasteiger partial charge on any atom is -0.497 e. The van der Waals surface area contributed by atoms with Crippen molar-refractivity contribution in [2.24, 2.45) is 4.99 Å². The molecule has 0 bridgehead atoms. The second-order valence-electron chi connectivity index (χ2n) is 4.18. The molecule has 1 aromatic carbocycles. The summed E-state index contributed by atoms with van der Waals surface area (Å²) >= 11 is 0. The van der Waals surface area contributed by atoms with Crippen LogP contribution >= 0.6 is 0 Å². The van der Waals surface area contributed by atoms with Gasteiger partial charge in [-0.15, -0.1) is 0 Å². The van der Waals surface area contributed by atoms with Gasteiger partial charge in [-0.2, -0.15) is 0 Å². The summed E-state index contributed by atoms with van der Waals surface area (Å²) in [6.45, 7) is 1.36. The van der Waals surface area contributed by atoms with Gasteiger partial charge >= 0.3 is 0 Å². The Morgan fingerprint density at radius 1 is 1.37 bits per heavy atom. The van der Waals surface area contributed by atoms with Crippen molar-refractivity contribution >= 4 is 17.1 Å². The highest BCUT2D eigenvalue weighted by atomic mass is 16.5. The highest BCUT2D eigenvalue weighted by Crippen LogP contribution is 2.28. The van der Waals surface area contributed by atoms with E-state index >= 15 is 0 Å². The molecule has 0 saturated heterocycles. The molecule has 0 atom stereocenters. The van der Waals surface area contributed by atoms with Crippen molar-refractivity contribution in [1.29, 1.82) is 0 Å². The fourth-order valence-corrected chi connectivity index (χ4v) is 1.89. The second kappa shape index (κ2) is 6.24. The van der Waals surface area contributed by atoms with Crippen LogP contribution in [0.5, 0.6) is 11.6 Å². The van der Waals surface area contributed by atoms with Crippen molar-refractivity contribution in [2.45, 2.75) is 6.42 Å². The molecule has 2 aromatic rings. The smallest absolute Gasteiger partial charge is 0.198 e. The topological polar surface area (TPSA) is 66.8 Å². The van der Waals surface area contributed by atoms with E-state index in [9.17, 15) is 5.11 Å². The summed E-state index contributed by atoms with van der Waals surface area (Å²) in [5.41, 5.74) is 1.54. The van der Waals surface area contributed by atoms with Crippen LogP contribution in [0.2, 0.25) is 0 Å². The Hall–Kier alpha value is -2.01. The number of aliphatic imine (C=N–C) groups is 1. The van der Waals surface area contributed by atoms with E-state index in [0.29, 0.717) is 18.7 Å². The number of aromatic amines is 1. The van der Waals surface area contributed by atoms with Gasteiger partial charge in [0.15, 0.2) is 5.88 Å². The van der Waals surface area contributed by atoms with E-state index < -0.39 is 0 Å². The number of ether oxygens (including phenoxy) is 2. The zero-order valence-electron chi connectivity index (χ0n) is 11.1. The average molecular weight is 262 g/mol. The van der Waals surface area contributed by atoms with Gasteiger partial charge in [0.2, 0.25) is 0 Å². The Morgan fingerprint density at radius 3 is 2.95 bits per heavy atom. The molecule has 0 aliphatic rings. The number of nitrogens with one attached hydrogen (secondary N) is 1. The molecule has 19 heavy (non-hydrogen) atoms. The molecule has 0 spiro atoms. The van der Waals surface area contributed by atoms with Crippen LogP contribution in [0, 0.1) is 0 Å². The van der Waals surface area contributed by atoms with Crippen LogP contribution in [0.25, 0.3) is 10.9 Å². The summed E-state index contributed by atoms with van der Waals surface area (Å²) in [6, 6.07) is 5.59. The maximum absolute atomic E-state index is 9.89. The summed E-state index contributed by atoms with van der Waals surface area (Å²) in [5, 5.41) is 10.8. The van der Waals surface area contributed by atoms with Gasteiger partial charge in [-0.05, 0) is 24.6 Å². The van der Waals surface area contributed by atoms with Crippen LogP contribution in [0.15, 0.2) is 23.2 Å². The zero-order chi connectivity index (χ0) is 13.7. The molecule has 1 heterocycles. The lowest BCUT2D eigenvalue weighted by atomic mass is 10.2. The predicted molar refractivity (Wildman–Crippen MR) is 75.5 cm³/mol. The van der Waals surface area contributed by atoms with E-state index in [1.165, 1.54) is 0 Å². The van der Waals surface area contributed by atoms with Gasteiger partial charge < -0.3 is 19.6 Å². The minimum absolute atomic E-state index is 0.124. The van der Waals surface area contributed by atoms with Crippen LogP contribution in [-0.4, -0.2) is 43.7 Å². The lowest BCUT2D eigenvalue weighted by Crippen LogP contribution is -1.92. The Labute approximate surface area is 111 Å². The molecule has 2 rings (SSSR count). The van der Waals surface area contributed by atoms with Gasteiger partial charge in [-0.3, -0.25) is 4.99 Å². The van der Waals surface area contributed by atoms with Crippen molar-refractivity contribution in [3.05, 3.63) is 23.8 Å². The van der Waals surface area contributed by atoms with Gasteiger partial charge in [-0.25, -0.2) is 0 Å². The molecular weight excluding hydrogens is 244 g/mol. The van der Waals surface area contributed by atoms with Gasteiger partial charge in [0.25, 0.3) is 0 Å². The molecule has 0 unspecified atom stereocenters. The summed E-state index contributed by atoms with van der Waals surface area (Å²) in [7, 11) is 3.29. The van der Waals surface area contributed by atoms with Gasteiger partial charge in [-0.1, -0.05) is 0 Å². The Bertz CT molecular complexity index is 575. The fraction of sp³-hybridized carbons (Fsp3) is 0.357. The number of aromatic nitrogens is 1. The second-order valence-corrected chi connectivity index (χ2v) is 4.18. The van der Waals surface area contributed by atoms with Crippen molar-refractivity contribution in [3.8, 4) is 11.6 Å². The summed E-state index contributed by atoms with van der Waals surface area (Å²) in [6.07, 6.45) is 2.54. The van der Waals surface area contributed by atoms with Crippen molar-refractivity contribution in [1.82, 2.24) is 4.98 Å². The average Bonchev–Trinajstić information content (AvgIpc) is 2.74. The number of aromatic hydroxyl groups is 1. The SMILES string of the molecule is COCCCN=Cc1c(O)[nH]c2ccc(OC)cc12. The number of fused-ring (bicyclic) bond motifs is 1. The first-order valence-electron chi connectivity index (χ1n) is 6.13. The van der Waals surface area contributed by atoms with Crippen molar-refractivity contribution < 1.29 is 14.6 Å². The Morgan fingerprint density at radius 2 is 2.21 bits per heavy atom. The number of H-pyrrole nitrogens is 1. The standard InChI is InChI=1S/C14H18N2O3/c1-18-7-3-6-15-9-12-11-8-10(19-2)4-5-13(11)16-14(12)17/h4-5,8-9,16-17H,3,6-7H2,1-2H3. The first-order valence-corrected chi connectivity index (χ1v) is 6.13. The number of rotatable bonds is 6. The van der Waals surface area contributed by atoms with E-state index in [1.54, 1.807) is 20.4 Å². The van der Waals surface area contributed by atoms with Crippen LogP contribution in [0.1, 0.15) is 12.0 Å². The fourth-order valence-electron chi connectivity index (χ4n) is 1.89. The van der Waals surface area contributed by atoms with E-state index in [1.807, 2.05) is 18.2 Å². The number of nitrogens with zero attached hydrogens (tertiary/aromatic N) is 1. The highest BCUT2D eigenvalue weighted by Gasteiger charge is 2.09. The zero-order valence-corrected chi connectivity index (χ0v) is 11.1. The number of hydrogen-bond donors (Lipinski definition) is 2. The van der Waals surface area contributed by atoms with E-state index in [-0.39, 0.29) is 5.88 Å². The van der Waals surface area contributed by atoms with Crippen molar-refractivity contribution in [2.75, 3.05) is 27.4 Å². The highest BCUT2D eigenvalue weighted by molar-refractivity contribution is 6.02. The third-order valence-corrected chi connectivity index (χ3v) is 2.88. The molecule has 0 aliphatic heterocycles. The third kappa shape index (κ3) is 3.06. The first-order chi connectivity index (χ1) is 9.26. The maximum atomic E-state index is 9.89. The minimum atomic E-state index is 0.124. The summed E-state index contributed by atoms with van der Waals surface area (Å²) < 4.78 is 10.1. The molecule has 102 valence electrons. The normalized spacial score (nSPS) is 11.5. The molecule has 5 heteroatoms. The monoisotopic (exact) mass is 262 g/mol. The third-order valence-electron chi connectivity index (χ3n) is 2.88.